The second-order valence-corrected chi connectivity index (χ2v) is 3.20. The van der Waals surface area contributed by atoms with Crippen LogP contribution >= 0.6 is 0 Å². The van der Waals surface area contributed by atoms with Crippen molar-refractivity contribution in [3.05, 3.63) is 35.9 Å². The molecular formula is C12H15O3. The number of ether oxygens (including phenoxy) is 2. The van der Waals surface area contributed by atoms with Crippen molar-refractivity contribution in [2.75, 3.05) is 13.4 Å². The topological polar surface area (TPSA) is 35.5 Å². The quantitative estimate of drug-likeness (QED) is 0.483. The van der Waals surface area contributed by atoms with E-state index in [0.29, 0.717) is 6.61 Å². The Morgan fingerprint density at radius 2 is 1.93 bits per heavy atom. The van der Waals surface area contributed by atoms with Crippen molar-refractivity contribution in [3.8, 4) is 0 Å². The zero-order valence-corrected chi connectivity index (χ0v) is 8.65. The number of rotatable bonds is 8. The van der Waals surface area contributed by atoms with Crippen LogP contribution in [-0.4, -0.2) is 19.9 Å². The first-order valence-corrected chi connectivity index (χ1v) is 5.04. The number of carbonyl (C=O) groups excluding carboxylic acids is 1. The first kappa shape index (κ1) is 11.7. The van der Waals surface area contributed by atoms with Gasteiger partial charge in [0.1, 0.15) is 0 Å². The molecule has 3 nitrogen and oxygen atoms in total. The molecule has 81 valence electrons. The van der Waals surface area contributed by atoms with Gasteiger partial charge in [-0.05, 0) is 24.8 Å². The summed E-state index contributed by atoms with van der Waals surface area (Å²) in [5, 5.41) is 0. The van der Waals surface area contributed by atoms with Gasteiger partial charge in [0, 0.05) is 0 Å². The van der Waals surface area contributed by atoms with E-state index in [1.165, 1.54) is 12.0 Å². The Morgan fingerprint density at radius 1 is 1.13 bits per heavy atom. The van der Waals surface area contributed by atoms with Gasteiger partial charge < -0.3 is 9.47 Å². The first-order chi connectivity index (χ1) is 7.43. The van der Waals surface area contributed by atoms with Crippen LogP contribution in [0.3, 0.4) is 0 Å². The van der Waals surface area contributed by atoms with E-state index in [2.05, 4.69) is 16.9 Å². The normalized spacial score (nSPS) is 9.87. The maximum absolute atomic E-state index is 9.65. The maximum Gasteiger partial charge on any atom is 0.419 e. The largest absolute Gasteiger partial charge is 0.430 e. The van der Waals surface area contributed by atoms with Gasteiger partial charge in [0.2, 0.25) is 0 Å². The zero-order valence-electron chi connectivity index (χ0n) is 8.65. The third-order valence-corrected chi connectivity index (χ3v) is 2.05. The van der Waals surface area contributed by atoms with E-state index in [0.717, 1.165) is 19.3 Å². The molecule has 1 aromatic rings. The molecule has 0 fully saturated rings. The third-order valence-electron chi connectivity index (χ3n) is 2.05. The molecule has 3 heteroatoms. The van der Waals surface area contributed by atoms with Gasteiger partial charge in [-0.2, -0.15) is 0 Å². The van der Waals surface area contributed by atoms with E-state index >= 15 is 0 Å². The molecule has 0 aliphatic rings. The molecule has 0 aliphatic carbocycles. The molecule has 1 aromatic carbocycles. The minimum Gasteiger partial charge on any atom is -0.430 e. The van der Waals surface area contributed by atoms with Crippen molar-refractivity contribution in [2.24, 2.45) is 0 Å². The Kier molecular flexibility index (Phi) is 6.25. The molecule has 0 aromatic heterocycles. The molecule has 1 radical (unpaired) electrons. The fraction of sp³-hybridized carbons (Fsp3) is 0.417. The van der Waals surface area contributed by atoms with Gasteiger partial charge in [-0.15, -0.1) is 0 Å². The van der Waals surface area contributed by atoms with Gasteiger partial charge in [-0.3, -0.25) is 0 Å². The Labute approximate surface area is 90.0 Å². The van der Waals surface area contributed by atoms with Crippen LogP contribution in [0.25, 0.3) is 0 Å². The minimum atomic E-state index is 0.00877. The van der Waals surface area contributed by atoms with Crippen LogP contribution in [0.4, 0.5) is 0 Å². The highest BCUT2D eigenvalue weighted by Gasteiger charge is 1.92. The van der Waals surface area contributed by atoms with Gasteiger partial charge in [-0.25, -0.2) is 4.79 Å². The number of unbranched alkanes of at least 4 members (excludes halogenated alkanes) is 1. The Morgan fingerprint density at radius 3 is 2.67 bits per heavy atom. The first-order valence-electron chi connectivity index (χ1n) is 5.04. The molecule has 1 rings (SSSR count). The highest BCUT2D eigenvalue weighted by Crippen LogP contribution is 2.04. The SMILES string of the molecule is O=[C]OCOCCCCc1ccccc1. The molecule has 0 saturated heterocycles. The highest BCUT2D eigenvalue weighted by molar-refractivity contribution is 5.37. The lowest BCUT2D eigenvalue weighted by Gasteiger charge is -2.02. The lowest BCUT2D eigenvalue weighted by molar-refractivity contribution is 0.00449. The minimum absolute atomic E-state index is 0.00877. The van der Waals surface area contributed by atoms with Crippen LogP contribution in [-0.2, 0) is 20.7 Å². The monoisotopic (exact) mass is 207 g/mol. The molecule has 0 aliphatic heterocycles. The van der Waals surface area contributed by atoms with E-state index < -0.39 is 0 Å². The Hall–Kier alpha value is -1.35. The molecule has 0 bridgehead atoms. The number of aryl methyl sites for hydroxylation is 1. The van der Waals surface area contributed by atoms with Crippen LogP contribution in [0, 0.1) is 0 Å². The van der Waals surface area contributed by atoms with E-state index in [9.17, 15) is 4.79 Å². The Bertz CT molecular complexity index is 259. The van der Waals surface area contributed by atoms with E-state index in [-0.39, 0.29) is 6.79 Å². The van der Waals surface area contributed by atoms with E-state index in [4.69, 9.17) is 4.74 Å². The maximum atomic E-state index is 9.65. The molecule has 0 atom stereocenters. The molecule has 0 unspecified atom stereocenters. The van der Waals surface area contributed by atoms with Crippen molar-refractivity contribution in [1.82, 2.24) is 0 Å². The van der Waals surface area contributed by atoms with Crippen LogP contribution in [0.2, 0.25) is 0 Å². The molecule has 0 heterocycles. The molecule has 0 amide bonds. The van der Waals surface area contributed by atoms with Crippen LogP contribution in [0.5, 0.6) is 0 Å². The van der Waals surface area contributed by atoms with Crippen molar-refractivity contribution < 1.29 is 14.3 Å². The summed E-state index contributed by atoms with van der Waals surface area (Å²) in [5.74, 6) is 0. The van der Waals surface area contributed by atoms with Gasteiger partial charge >= 0.3 is 6.47 Å². The van der Waals surface area contributed by atoms with Crippen LogP contribution < -0.4 is 0 Å². The van der Waals surface area contributed by atoms with Gasteiger partial charge in [0.25, 0.3) is 0 Å². The van der Waals surface area contributed by atoms with Crippen molar-refractivity contribution >= 4 is 6.47 Å². The lowest BCUT2D eigenvalue weighted by Crippen LogP contribution is -2.00. The highest BCUT2D eigenvalue weighted by atomic mass is 16.7. The predicted octanol–water partition coefficient (Wildman–Crippen LogP) is 2.07. The fourth-order valence-electron chi connectivity index (χ4n) is 1.30. The summed E-state index contributed by atoms with van der Waals surface area (Å²) in [5.41, 5.74) is 1.34. The number of hydrogen-bond acceptors (Lipinski definition) is 3. The summed E-state index contributed by atoms with van der Waals surface area (Å²) < 4.78 is 9.30. The summed E-state index contributed by atoms with van der Waals surface area (Å²) in [6, 6.07) is 10.3. The van der Waals surface area contributed by atoms with E-state index in [1.807, 2.05) is 18.2 Å². The van der Waals surface area contributed by atoms with Gasteiger partial charge in [-0.1, -0.05) is 30.3 Å². The van der Waals surface area contributed by atoms with Crippen LogP contribution in [0.15, 0.2) is 30.3 Å². The zero-order chi connectivity index (χ0) is 10.8. The number of benzene rings is 1. The summed E-state index contributed by atoms with van der Waals surface area (Å²) in [7, 11) is 0. The average Bonchev–Trinajstić information content (AvgIpc) is 2.29. The van der Waals surface area contributed by atoms with Crippen molar-refractivity contribution in [2.45, 2.75) is 19.3 Å². The van der Waals surface area contributed by atoms with Crippen molar-refractivity contribution in [3.63, 3.8) is 0 Å². The second-order valence-electron chi connectivity index (χ2n) is 3.20. The molecular weight excluding hydrogens is 192 g/mol. The van der Waals surface area contributed by atoms with E-state index in [1.54, 1.807) is 0 Å². The smallest absolute Gasteiger partial charge is 0.419 e. The Balaban J connectivity index is 1.95. The molecule has 0 saturated carbocycles. The van der Waals surface area contributed by atoms with Gasteiger partial charge in [0.05, 0.1) is 6.61 Å². The average molecular weight is 207 g/mol. The second kappa shape index (κ2) is 8.00. The summed E-state index contributed by atoms with van der Waals surface area (Å²) >= 11 is 0. The molecule has 0 spiro atoms. The third kappa shape index (κ3) is 5.86. The van der Waals surface area contributed by atoms with Crippen LogP contribution in [0.1, 0.15) is 18.4 Å². The predicted molar refractivity (Wildman–Crippen MR) is 57.0 cm³/mol. The summed E-state index contributed by atoms with van der Waals surface area (Å²) in [6.45, 7) is 1.94. The molecule has 15 heavy (non-hydrogen) atoms. The van der Waals surface area contributed by atoms with Gasteiger partial charge in [0.15, 0.2) is 6.79 Å². The van der Waals surface area contributed by atoms with Crippen molar-refractivity contribution in [1.29, 1.82) is 0 Å². The standard InChI is InChI=1S/C12H15O3/c13-10-15-11-14-9-5-4-8-12-6-2-1-3-7-12/h1-3,6-7H,4-5,8-9,11H2. The number of hydrogen-bond donors (Lipinski definition) is 0. The fourth-order valence-corrected chi connectivity index (χ4v) is 1.30. The molecule has 0 N–H and O–H groups in total. The lowest BCUT2D eigenvalue weighted by atomic mass is 10.1. The summed E-state index contributed by atoms with van der Waals surface area (Å²) in [6.07, 6.45) is 3.11. The summed E-state index contributed by atoms with van der Waals surface area (Å²) in [4.78, 5) is 9.65.